The molecule has 0 unspecified atom stereocenters. The Hall–Kier alpha value is -0.570. The SMILES string of the molecule is CC(C)N1CCN(C(=O)C2(C)CC2)[C@H](C)C1. The van der Waals surface area contributed by atoms with Gasteiger partial charge in [-0.1, -0.05) is 6.92 Å². The van der Waals surface area contributed by atoms with Crippen molar-refractivity contribution in [1.29, 1.82) is 0 Å². The number of rotatable bonds is 2. The predicted molar refractivity (Wildman–Crippen MR) is 65.2 cm³/mol. The highest BCUT2D eigenvalue weighted by atomic mass is 16.2. The van der Waals surface area contributed by atoms with E-state index in [0.29, 0.717) is 18.0 Å². The van der Waals surface area contributed by atoms with E-state index in [2.05, 4.69) is 37.5 Å². The molecule has 0 bridgehead atoms. The van der Waals surface area contributed by atoms with E-state index in [9.17, 15) is 4.79 Å². The van der Waals surface area contributed by atoms with Gasteiger partial charge in [0.25, 0.3) is 0 Å². The molecule has 1 saturated heterocycles. The van der Waals surface area contributed by atoms with Crippen LogP contribution in [0.25, 0.3) is 0 Å². The zero-order valence-electron chi connectivity index (χ0n) is 11.0. The fraction of sp³-hybridized carbons (Fsp3) is 0.923. The molecule has 3 heteroatoms. The van der Waals surface area contributed by atoms with Gasteiger partial charge in [-0.05, 0) is 33.6 Å². The second-order valence-electron chi connectivity index (χ2n) is 6.00. The van der Waals surface area contributed by atoms with Crippen molar-refractivity contribution in [1.82, 2.24) is 9.80 Å². The molecule has 0 aromatic carbocycles. The van der Waals surface area contributed by atoms with Crippen LogP contribution in [0.4, 0.5) is 0 Å². The predicted octanol–water partition coefficient (Wildman–Crippen LogP) is 1.73. The Morgan fingerprint density at radius 3 is 2.38 bits per heavy atom. The number of hydrogen-bond donors (Lipinski definition) is 0. The normalized spacial score (nSPS) is 29.6. The van der Waals surface area contributed by atoms with Crippen LogP contribution in [0.5, 0.6) is 0 Å². The zero-order valence-corrected chi connectivity index (χ0v) is 11.0. The monoisotopic (exact) mass is 224 g/mol. The van der Waals surface area contributed by atoms with Crippen molar-refractivity contribution in [2.75, 3.05) is 19.6 Å². The smallest absolute Gasteiger partial charge is 0.228 e. The first-order valence-electron chi connectivity index (χ1n) is 6.49. The molecule has 0 aromatic heterocycles. The molecule has 1 heterocycles. The molecule has 1 atom stereocenters. The fourth-order valence-corrected chi connectivity index (χ4v) is 2.50. The lowest BCUT2D eigenvalue weighted by molar-refractivity contribution is -0.141. The first-order valence-corrected chi connectivity index (χ1v) is 6.49. The highest BCUT2D eigenvalue weighted by Crippen LogP contribution is 2.47. The summed E-state index contributed by atoms with van der Waals surface area (Å²) in [4.78, 5) is 16.8. The van der Waals surface area contributed by atoms with Gasteiger partial charge in [0.05, 0.1) is 0 Å². The minimum absolute atomic E-state index is 0.00569. The molecular formula is C13H24N2O. The third-order valence-corrected chi connectivity index (χ3v) is 4.17. The molecule has 1 saturated carbocycles. The van der Waals surface area contributed by atoms with E-state index in [1.165, 1.54) is 0 Å². The largest absolute Gasteiger partial charge is 0.337 e. The van der Waals surface area contributed by atoms with Gasteiger partial charge in [0.15, 0.2) is 0 Å². The van der Waals surface area contributed by atoms with Crippen molar-refractivity contribution in [2.45, 2.75) is 52.6 Å². The minimum Gasteiger partial charge on any atom is -0.337 e. The van der Waals surface area contributed by atoms with Gasteiger partial charge < -0.3 is 4.90 Å². The van der Waals surface area contributed by atoms with Gasteiger partial charge in [0.2, 0.25) is 5.91 Å². The number of amides is 1. The number of hydrogen-bond acceptors (Lipinski definition) is 2. The van der Waals surface area contributed by atoms with Gasteiger partial charge in [-0.15, -0.1) is 0 Å². The summed E-state index contributed by atoms with van der Waals surface area (Å²) in [6.07, 6.45) is 2.17. The van der Waals surface area contributed by atoms with Gasteiger partial charge >= 0.3 is 0 Å². The van der Waals surface area contributed by atoms with Gasteiger partial charge in [-0.3, -0.25) is 9.69 Å². The van der Waals surface area contributed by atoms with E-state index in [-0.39, 0.29) is 5.41 Å². The molecule has 16 heavy (non-hydrogen) atoms. The molecule has 0 spiro atoms. The Morgan fingerprint density at radius 2 is 1.94 bits per heavy atom. The van der Waals surface area contributed by atoms with Crippen LogP contribution in [0.3, 0.4) is 0 Å². The molecule has 2 rings (SSSR count). The van der Waals surface area contributed by atoms with Crippen LogP contribution in [-0.2, 0) is 4.79 Å². The molecule has 1 aliphatic heterocycles. The highest BCUT2D eigenvalue weighted by molar-refractivity contribution is 5.85. The Bertz CT molecular complexity index is 284. The second-order valence-corrected chi connectivity index (χ2v) is 6.00. The number of carbonyl (C=O) groups is 1. The molecule has 3 nitrogen and oxygen atoms in total. The Balaban J connectivity index is 1.96. The Morgan fingerprint density at radius 1 is 1.31 bits per heavy atom. The molecule has 2 fully saturated rings. The number of piperazine rings is 1. The van der Waals surface area contributed by atoms with Crippen LogP contribution in [0, 0.1) is 5.41 Å². The van der Waals surface area contributed by atoms with Gasteiger partial charge in [-0.2, -0.15) is 0 Å². The highest BCUT2D eigenvalue weighted by Gasteiger charge is 2.48. The molecule has 0 aromatic rings. The third-order valence-electron chi connectivity index (χ3n) is 4.17. The number of nitrogens with zero attached hydrogens (tertiary/aromatic N) is 2. The molecule has 0 N–H and O–H groups in total. The van der Waals surface area contributed by atoms with Crippen molar-refractivity contribution in [2.24, 2.45) is 5.41 Å². The molecule has 92 valence electrons. The van der Waals surface area contributed by atoms with E-state index >= 15 is 0 Å². The summed E-state index contributed by atoms with van der Waals surface area (Å²) in [5, 5.41) is 0. The quantitative estimate of drug-likeness (QED) is 0.713. The van der Waals surface area contributed by atoms with E-state index in [1.54, 1.807) is 0 Å². The molecule has 1 aliphatic carbocycles. The summed E-state index contributed by atoms with van der Waals surface area (Å²) >= 11 is 0. The average Bonchev–Trinajstić information content (AvgIpc) is 2.96. The average molecular weight is 224 g/mol. The molecule has 2 aliphatic rings. The first-order chi connectivity index (χ1) is 7.44. The Kier molecular flexibility index (Phi) is 2.99. The minimum atomic E-state index is -0.00569. The molecular weight excluding hydrogens is 200 g/mol. The summed E-state index contributed by atoms with van der Waals surface area (Å²) < 4.78 is 0. The lowest BCUT2D eigenvalue weighted by atomic mass is 10.0. The standard InChI is InChI=1S/C13H24N2O/c1-10(2)14-7-8-15(11(3)9-14)12(16)13(4)5-6-13/h10-11H,5-9H2,1-4H3/t11-/m1/s1. The topological polar surface area (TPSA) is 23.6 Å². The Labute approximate surface area is 98.8 Å². The summed E-state index contributed by atoms with van der Waals surface area (Å²) in [7, 11) is 0. The maximum atomic E-state index is 12.3. The maximum Gasteiger partial charge on any atom is 0.228 e. The van der Waals surface area contributed by atoms with Gasteiger partial charge in [0, 0.05) is 37.1 Å². The van der Waals surface area contributed by atoms with Crippen LogP contribution in [0.2, 0.25) is 0 Å². The lowest BCUT2D eigenvalue weighted by Crippen LogP contribution is -2.56. The summed E-state index contributed by atoms with van der Waals surface area (Å²) in [5.41, 5.74) is -0.00569. The van der Waals surface area contributed by atoms with Crippen molar-refractivity contribution >= 4 is 5.91 Å². The molecule has 0 radical (unpaired) electrons. The summed E-state index contributed by atoms with van der Waals surface area (Å²) in [5.74, 6) is 0.392. The van der Waals surface area contributed by atoms with E-state index < -0.39 is 0 Å². The van der Waals surface area contributed by atoms with Crippen LogP contribution in [0.15, 0.2) is 0 Å². The lowest BCUT2D eigenvalue weighted by Gasteiger charge is -2.42. The van der Waals surface area contributed by atoms with Crippen molar-refractivity contribution < 1.29 is 4.79 Å². The second kappa shape index (κ2) is 4.02. The zero-order chi connectivity index (χ0) is 11.9. The number of carbonyl (C=O) groups excluding carboxylic acids is 1. The van der Waals surface area contributed by atoms with Crippen molar-refractivity contribution in [3.63, 3.8) is 0 Å². The summed E-state index contributed by atoms with van der Waals surface area (Å²) in [6.45, 7) is 11.7. The maximum absolute atomic E-state index is 12.3. The van der Waals surface area contributed by atoms with Crippen molar-refractivity contribution in [3.05, 3.63) is 0 Å². The van der Waals surface area contributed by atoms with Crippen LogP contribution >= 0.6 is 0 Å². The van der Waals surface area contributed by atoms with Crippen LogP contribution in [0.1, 0.15) is 40.5 Å². The van der Waals surface area contributed by atoms with E-state index in [0.717, 1.165) is 32.5 Å². The van der Waals surface area contributed by atoms with Crippen molar-refractivity contribution in [3.8, 4) is 0 Å². The summed E-state index contributed by atoms with van der Waals surface area (Å²) in [6, 6.07) is 0.970. The van der Waals surface area contributed by atoms with E-state index in [4.69, 9.17) is 0 Å². The first kappa shape index (κ1) is 11.9. The van der Waals surface area contributed by atoms with E-state index in [1.807, 2.05) is 0 Å². The third kappa shape index (κ3) is 2.10. The van der Waals surface area contributed by atoms with Gasteiger partial charge in [-0.25, -0.2) is 0 Å². The molecule has 1 amide bonds. The fourth-order valence-electron chi connectivity index (χ4n) is 2.50. The van der Waals surface area contributed by atoms with Gasteiger partial charge in [0.1, 0.15) is 0 Å². The van der Waals surface area contributed by atoms with Crippen LogP contribution in [-0.4, -0.2) is 47.4 Å². The van der Waals surface area contributed by atoms with Crippen LogP contribution < -0.4 is 0 Å².